The largest absolute Gasteiger partial charge is 0.476 e. The van der Waals surface area contributed by atoms with E-state index in [2.05, 4.69) is 20.3 Å². The van der Waals surface area contributed by atoms with E-state index in [1.807, 2.05) is 27.7 Å². The Balaban J connectivity index is 1.59. The number of ether oxygens (including phenoxy) is 4. The molecule has 244 valence electrons. The summed E-state index contributed by atoms with van der Waals surface area (Å²) in [4.78, 5) is 25.2. The summed E-state index contributed by atoms with van der Waals surface area (Å²) in [5, 5.41) is 14.7. The summed E-state index contributed by atoms with van der Waals surface area (Å²) in [6.07, 6.45) is 1.34. The van der Waals surface area contributed by atoms with E-state index < -0.39 is 36.5 Å². The van der Waals surface area contributed by atoms with Crippen LogP contribution in [0.2, 0.25) is 0 Å². The van der Waals surface area contributed by atoms with Crippen molar-refractivity contribution in [2.75, 3.05) is 59.1 Å². The smallest absolute Gasteiger partial charge is 0.331 e. The fraction of sp³-hybridized carbons (Fsp3) is 0.778. The normalized spacial score (nSPS) is 22.8. The van der Waals surface area contributed by atoms with E-state index in [4.69, 9.17) is 33.7 Å². The number of nitrogens with zero attached hydrogens (tertiary/aromatic N) is 4. The summed E-state index contributed by atoms with van der Waals surface area (Å²) in [7, 11) is -0.574. The van der Waals surface area contributed by atoms with Crippen LogP contribution in [-0.2, 0) is 38.3 Å². The van der Waals surface area contributed by atoms with Gasteiger partial charge in [-0.15, -0.1) is 0 Å². The molecule has 43 heavy (non-hydrogen) atoms. The number of aliphatic hydroxyl groups is 1. The fourth-order valence-corrected chi connectivity index (χ4v) is 6.81. The number of hydrogen-bond acceptors (Lipinski definition) is 13. The molecule has 1 saturated heterocycles. The highest BCUT2D eigenvalue weighted by Gasteiger charge is 2.49. The number of nitrogen functional groups attached to an aromatic ring is 1. The number of aromatic nitrogens is 4. The Bertz CT molecular complexity index is 1290. The molecule has 0 bridgehead atoms. The molecular weight excluding hydrogens is 583 g/mol. The second kappa shape index (κ2) is 14.1. The van der Waals surface area contributed by atoms with E-state index in [1.54, 1.807) is 21.0 Å². The second-order valence-electron chi connectivity index (χ2n) is 11.9. The second-order valence-corrected chi connectivity index (χ2v) is 14.0. The number of anilines is 1. The summed E-state index contributed by atoms with van der Waals surface area (Å²) in [5.74, 6) is -1.44. The Kier molecular flexibility index (Phi) is 11.5. The number of rotatable bonds is 16. The van der Waals surface area contributed by atoms with E-state index in [9.17, 15) is 14.5 Å². The van der Waals surface area contributed by atoms with Crippen molar-refractivity contribution in [3.05, 3.63) is 6.33 Å². The number of carbonyl (C=O) groups is 1. The van der Waals surface area contributed by atoms with E-state index >= 15 is 0 Å². The molecule has 3 rings (SSSR count). The van der Waals surface area contributed by atoms with Crippen molar-refractivity contribution in [3.8, 4) is 5.88 Å². The molecule has 0 aliphatic carbocycles. The van der Waals surface area contributed by atoms with Gasteiger partial charge < -0.3 is 44.2 Å². The molecule has 3 heterocycles. The predicted octanol–water partition coefficient (Wildman–Crippen LogP) is 2.67. The molecule has 16 heteroatoms. The average molecular weight is 631 g/mol. The van der Waals surface area contributed by atoms with Crippen LogP contribution in [0, 0.1) is 11.3 Å². The minimum atomic E-state index is -3.63. The van der Waals surface area contributed by atoms with E-state index in [0.717, 1.165) is 0 Å². The molecule has 0 aromatic carbocycles. The lowest BCUT2D eigenvalue weighted by Crippen LogP contribution is -2.50. The zero-order valence-electron chi connectivity index (χ0n) is 26.4. The van der Waals surface area contributed by atoms with Crippen molar-refractivity contribution in [3.63, 3.8) is 0 Å². The van der Waals surface area contributed by atoms with E-state index in [1.165, 1.54) is 18.0 Å². The molecular formula is C27H47N6O9P. The summed E-state index contributed by atoms with van der Waals surface area (Å²) in [5.41, 5.74) is 4.40. The van der Waals surface area contributed by atoms with Gasteiger partial charge in [-0.3, -0.25) is 13.9 Å². The van der Waals surface area contributed by atoms with Gasteiger partial charge in [0.25, 0.3) is 0 Å². The van der Waals surface area contributed by atoms with Crippen LogP contribution < -0.4 is 15.8 Å². The van der Waals surface area contributed by atoms with Crippen LogP contribution >= 0.6 is 7.60 Å². The number of carbonyl (C=O) groups excluding carboxylic acids is 1. The van der Waals surface area contributed by atoms with Crippen molar-refractivity contribution < 1.29 is 42.5 Å². The quantitative estimate of drug-likeness (QED) is 0.139. The number of hydrogen-bond donors (Lipinski definition) is 3. The highest BCUT2D eigenvalue weighted by atomic mass is 31.2. The van der Waals surface area contributed by atoms with Crippen LogP contribution in [0.1, 0.15) is 54.4 Å². The minimum Gasteiger partial charge on any atom is -0.476 e. The Morgan fingerprint density at radius 3 is 2.63 bits per heavy atom. The summed E-state index contributed by atoms with van der Waals surface area (Å²) < 4.78 is 48.6. The first-order valence-corrected chi connectivity index (χ1v) is 16.0. The molecule has 0 radical (unpaired) electrons. The molecule has 2 aromatic heterocycles. The first kappa shape index (κ1) is 35.1. The lowest BCUT2D eigenvalue weighted by molar-refractivity contribution is -0.211. The van der Waals surface area contributed by atoms with Gasteiger partial charge in [0.2, 0.25) is 17.7 Å². The standard InChI is InChI=1S/C27H47N6O9P/c1-9-39-23-21-22(31-24(28)32-23)33(17-30-21)27(6,35)18-15-43(36,42-14-19(18)37-7)41-12-10-11-29-20(34)13-25(2,3)16-40-26(4,5)38-8/h17-19,35H,9-16H2,1-8H3,(H,29,34)(H2,28,31,32)/t18-,19?,27?,43?/m1/s1. The summed E-state index contributed by atoms with van der Waals surface area (Å²) in [6, 6.07) is 0. The number of methoxy groups -OCH3 is 2. The van der Waals surface area contributed by atoms with Crippen molar-refractivity contribution in [2.45, 2.75) is 72.0 Å². The Labute approximate surface area is 252 Å². The fourth-order valence-electron chi connectivity index (χ4n) is 4.68. The zero-order valence-corrected chi connectivity index (χ0v) is 27.3. The first-order valence-electron chi connectivity index (χ1n) is 14.3. The van der Waals surface area contributed by atoms with Crippen LogP contribution in [0.3, 0.4) is 0 Å². The monoisotopic (exact) mass is 630 g/mol. The molecule has 0 spiro atoms. The van der Waals surface area contributed by atoms with Gasteiger partial charge in [0.05, 0.1) is 45.0 Å². The number of nitrogens with two attached hydrogens (primary N) is 1. The van der Waals surface area contributed by atoms with Gasteiger partial charge in [0.1, 0.15) is 5.72 Å². The molecule has 0 saturated carbocycles. The molecule has 4 N–H and O–H groups in total. The van der Waals surface area contributed by atoms with Crippen LogP contribution in [0.25, 0.3) is 11.2 Å². The van der Waals surface area contributed by atoms with Crippen LogP contribution in [0.5, 0.6) is 5.88 Å². The molecule has 1 fully saturated rings. The van der Waals surface area contributed by atoms with Crippen molar-refractivity contribution >= 4 is 30.6 Å². The van der Waals surface area contributed by atoms with Crippen molar-refractivity contribution in [2.24, 2.45) is 11.3 Å². The van der Waals surface area contributed by atoms with Gasteiger partial charge in [0.15, 0.2) is 17.0 Å². The summed E-state index contributed by atoms with van der Waals surface area (Å²) in [6.45, 7) is 11.9. The Morgan fingerprint density at radius 1 is 1.26 bits per heavy atom. The minimum absolute atomic E-state index is 0.0446. The van der Waals surface area contributed by atoms with Crippen molar-refractivity contribution in [1.29, 1.82) is 0 Å². The number of imidazole rings is 1. The highest BCUT2D eigenvalue weighted by Crippen LogP contribution is 2.56. The van der Waals surface area contributed by atoms with Crippen LogP contribution in [0.4, 0.5) is 5.95 Å². The van der Waals surface area contributed by atoms with Gasteiger partial charge in [-0.2, -0.15) is 9.97 Å². The molecule has 1 aliphatic heterocycles. The molecule has 2 aromatic rings. The van der Waals surface area contributed by atoms with E-state index in [-0.39, 0.29) is 49.2 Å². The molecule has 1 amide bonds. The molecule has 4 atom stereocenters. The number of nitrogens with one attached hydrogen (secondary N) is 1. The number of amides is 1. The van der Waals surface area contributed by atoms with Crippen molar-refractivity contribution in [1.82, 2.24) is 24.8 Å². The average Bonchev–Trinajstić information content (AvgIpc) is 3.37. The maximum absolute atomic E-state index is 13.6. The Morgan fingerprint density at radius 2 is 1.98 bits per heavy atom. The van der Waals surface area contributed by atoms with Gasteiger partial charge in [-0.25, -0.2) is 4.98 Å². The maximum atomic E-state index is 13.6. The Hall–Kier alpha value is -2.39. The maximum Gasteiger partial charge on any atom is 0.331 e. The first-order chi connectivity index (χ1) is 20.1. The van der Waals surface area contributed by atoms with Gasteiger partial charge in [-0.1, -0.05) is 13.8 Å². The third kappa shape index (κ3) is 9.07. The zero-order chi connectivity index (χ0) is 32.1. The van der Waals surface area contributed by atoms with Gasteiger partial charge >= 0.3 is 7.60 Å². The number of fused-ring (bicyclic) bond motifs is 1. The third-order valence-electron chi connectivity index (χ3n) is 7.33. The molecule has 1 aliphatic rings. The lowest BCUT2D eigenvalue weighted by Gasteiger charge is -2.42. The van der Waals surface area contributed by atoms with Crippen LogP contribution in [-0.4, -0.2) is 95.8 Å². The van der Waals surface area contributed by atoms with E-state index in [0.29, 0.717) is 31.7 Å². The highest BCUT2D eigenvalue weighted by molar-refractivity contribution is 7.53. The summed E-state index contributed by atoms with van der Waals surface area (Å²) >= 11 is 0. The molecule has 15 nitrogen and oxygen atoms in total. The predicted molar refractivity (Wildman–Crippen MR) is 159 cm³/mol. The third-order valence-corrected chi connectivity index (χ3v) is 9.29. The topological polar surface area (TPSA) is 191 Å². The van der Waals surface area contributed by atoms with Gasteiger partial charge in [0, 0.05) is 33.1 Å². The van der Waals surface area contributed by atoms with Crippen LogP contribution in [0.15, 0.2) is 6.33 Å². The van der Waals surface area contributed by atoms with Gasteiger partial charge in [-0.05, 0) is 39.5 Å². The lowest BCUT2D eigenvalue weighted by atomic mass is 9.90. The molecule has 3 unspecified atom stereocenters. The SMILES string of the molecule is CCOc1nc(N)nc2c1ncn2C(C)(O)[C@@H]1CP(=O)(OCCCNC(=O)CC(C)(C)COC(C)(C)OC)OCC1OC.